The highest BCUT2D eigenvalue weighted by atomic mass is 35.5. The number of benzene rings is 1. The van der Waals surface area contributed by atoms with Gasteiger partial charge in [-0.3, -0.25) is 9.59 Å². The van der Waals surface area contributed by atoms with Gasteiger partial charge in [0, 0.05) is 11.6 Å². The standard InChI is InChI=1S/C15H13ClN2O2S/c1-2-7-17-14(19)11-6-5-10(16)9-12(11)18-15(20)13-4-3-8-21-13/h2-6,8-9H,1,7H2,(H,17,19)(H,18,20). The first-order valence-corrected chi connectivity index (χ1v) is 7.41. The predicted molar refractivity (Wildman–Crippen MR) is 86.3 cm³/mol. The largest absolute Gasteiger partial charge is 0.349 e. The molecule has 21 heavy (non-hydrogen) atoms. The van der Waals surface area contributed by atoms with Gasteiger partial charge in [-0.05, 0) is 29.6 Å². The van der Waals surface area contributed by atoms with E-state index in [9.17, 15) is 9.59 Å². The normalized spacial score (nSPS) is 9.95. The van der Waals surface area contributed by atoms with Crippen molar-refractivity contribution in [2.45, 2.75) is 0 Å². The van der Waals surface area contributed by atoms with Gasteiger partial charge in [-0.15, -0.1) is 17.9 Å². The molecule has 0 bridgehead atoms. The third-order valence-electron chi connectivity index (χ3n) is 2.63. The molecule has 0 aliphatic heterocycles. The Kier molecular flexibility index (Phi) is 5.14. The molecule has 2 amide bonds. The molecular formula is C15H13ClN2O2S. The molecule has 6 heteroatoms. The van der Waals surface area contributed by atoms with Crippen LogP contribution < -0.4 is 10.6 Å². The lowest BCUT2D eigenvalue weighted by Gasteiger charge is -2.11. The first-order valence-electron chi connectivity index (χ1n) is 6.15. The molecule has 0 aliphatic rings. The van der Waals surface area contributed by atoms with Crippen LogP contribution in [0, 0.1) is 0 Å². The zero-order chi connectivity index (χ0) is 15.2. The summed E-state index contributed by atoms with van der Waals surface area (Å²) in [6.07, 6.45) is 1.58. The third kappa shape index (κ3) is 3.93. The highest BCUT2D eigenvalue weighted by molar-refractivity contribution is 7.12. The molecule has 1 heterocycles. The molecule has 2 aromatic rings. The highest BCUT2D eigenvalue weighted by Gasteiger charge is 2.15. The number of carbonyl (C=O) groups is 2. The summed E-state index contributed by atoms with van der Waals surface area (Å²) in [4.78, 5) is 24.7. The summed E-state index contributed by atoms with van der Waals surface area (Å²) in [6.45, 7) is 3.89. The van der Waals surface area contributed by atoms with E-state index in [2.05, 4.69) is 17.2 Å². The predicted octanol–water partition coefficient (Wildman–Crippen LogP) is 3.57. The molecule has 2 N–H and O–H groups in total. The van der Waals surface area contributed by atoms with E-state index in [1.165, 1.54) is 11.3 Å². The van der Waals surface area contributed by atoms with Crippen molar-refractivity contribution in [1.29, 1.82) is 0 Å². The number of carbonyl (C=O) groups excluding carboxylic acids is 2. The van der Waals surface area contributed by atoms with Gasteiger partial charge in [0.1, 0.15) is 0 Å². The number of hydrogen-bond donors (Lipinski definition) is 2. The van der Waals surface area contributed by atoms with Gasteiger partial charge in [-0.25, -0.2) is 0 Å². The minimum absolute atomic E-state index is 0.273. The molecule has 1 aromatic carbocycles. The molecule has 0 unspecified atom stereocenters. The van der Waals surface area contributed by atoms with Crippen molar-refractivity contribution in [1.82, 2.24) is 5.32 Å². The van der Waals surface area contributed by atoms with Crippen LogP contribution in [0.5, 0.6) is 0 Å². The Morgan fingerprint density at radius 3 is 2.76 bits per heavy atom. The number of rotatable bonds is 5. The number of halogens is 1. The van der Waals surface area contributed by atoms with Crippen LogP contribution in [0.25, 0.3) is 0 Å². The fraction of sp³-hybridized carbons (Fsp3) is 0.0667. The fourth-order valence-corrected chi connectivity index (χ4v) is 2.46. The summed E-state index contributed by atoms with van der Waals surface area (Å²) in [5, 5.41) is 7.63. The summed E-state index contributed by atoms with van der Waals surface area (Å²) in [7, 11) is 0. The van der Waals surface area contributed by atoms with Crippen LogP contribution >= 0.6 is 22.9 Å². The molecular weight excluding hydrogens is 308 g/mol. The van der Waals surface area contributed by atoms with E-state index in [4.69, 9.17) is 11.6 Å². The van der Waals surface area contributed by atoms with E-state index in [1.54, 1.807) is 36.4 Å². The van der Waals surface area contributed by atoms with Gasteiger partial charge in [0.15, 0.2) is 0 Å². The second-order valence-electron chi connectivity index (χ2n) is 4.12. The molecule has 2 rings (SSSR count). The van der Waals surface area contributed by atoms with Gasteiger partial charge in [0.05, 0.1) is 16.1 Å². The molecule has 0 saturated carbocycles. The van der Waals surface area contributed by atoms with Crippen molar-refractivity contribution < 1.29 is 9.59 Å². The van der Waals surface area contributed by atoms with Crippen molar-refractivity contribution in [2.24, 2.45) is 0 Å². The maximum Gasteiger partial charge on any atom is 0.265 e. The zero-order valence-electron chi connectivity index (χ0n) is 11.1. The summed E-state index contributed by atoms with van der Waals surface area (Å²) in [6, 6.07) is 8.23. The molecule has 1 aromatic heterocycles. The van der Waals surface area contributed by atoms with E-state index >= 15 is 0 Å². The number of thiophene rings is 1. The average Bonchev–Trinajstić information content (AvgIpc) is 2.99. The Balaban J connectivity index is 2.25. The van der Waals surface area contributed by atoms with Crippen LogP contribution in [0.1, 0.15) is 20.0 Å². The third-order valence-corrected chi connectivity index (χ3v) is 3.73. The topological polar surface area (TPSA) is 58.2 Å². The van der Waals surface area contributed by atoms with Crippen LogP contribution in [-0.2, 0) is 0 Å². The maximum absolute atomic E-state index is 12.1. The molecule has 0 spiro atoms. The Bertz CT molecular complexity index is 668. The van der Waals surface area contributed by atoms with Crippen molar-refractivity contribution >= 4 is 40.4 Å². The number of amides is 2. The monoisotopic (exact) mass is 320 g/mol. The van der Waals surface area contributed by atoms with E-state index in [0.29, 0.717) is 27.7 Å². The Hall–Kier alpha value is -2.11. The first-order chi connectivity index (χ1) is 10.1. The van der Waals surface area contributed by atoms with Gasteiger partial charge < -0.3 is 10.6 Å². The summed E-state index contributed by atoms with van der Waals surface area (Å²) >= 11 is 7.26. The van der Waals surface area contributed by atoms with E-state index < -0.39 is 0 Å². The lowest BCUT2D eigenvalue weighted by molar-refractivity contribution is 0.0959. The van der Waals surface area contributed by atoms with Gasteiger partial charge in [-0.1, -0.05) is 23.7 Å². The quantitative estimate of drug-likeness (QED) is 0.827. The van der Waals surface area contributed by atoms with E-state index in [0.717, 1.165) is 0 Å². The number of anilines is 1. The molecule has 0 atom stereocenters. The Morgan fingerprint density at radius 1 is 1.29 bits per heavy atom. The number of nitrogens with one attached hydrogen (secondary N) is 2. The van der Waals surface area contributed by atoms with Crippen molar-refractivity contribution in [3.8, 4) is 0 Å². The minimum atomic E-state index is -0.298. The lowest BCUT2D eigenvalue weighted by Crippen LogP contribution is -2.25. The van der Waals surface area contributed by atoms with E-state index in [1.807, 2.05) is 5.38 Å². The molecule has 0 saturated heterocycles. The van der Waals surface area contributed by atoms with Crippen LogP contribution in [0.4, 0.5) is 5.69 Å². The summed E-state index contributed by atoms with van der Waals surface area (Å²) in [5.74, 6) is -0.571. The average molecular weight is 321 g/mol. The Labute approximate surface area is 131 Å². The molecule has 0 radical (unpaired) electrons. The van der Waals surface area contributed by atoms with Gasteiger partial charge in [0.25, 0.3) is 11.8 Å². The summed E-state index contributed by atoms with van der Waals surface area (Å²) in [5.41, 5.74) is 0.730. The maximum atomic E-state index is 12.1. The minimum Gasteiger partial charge on any atom is -0.349 e. The smallest absolute Gasteiger partial charge is 0.265 e. The van der Waals surface area contributed by atoms with Crippen LogP contribution in [-0.4, -0.2) is 18.4 Å². The second kappa shape index (κ2) is 7.06. The summed E-state index contributed by atoms with van der Waals surface area (Å²) < 4.78 is 0. The van der Waals surface area contributed by atoms with E-state index in [-0.39, 0.29) is 11.8 Å². The van der Waals surface area contributed by atoms with Crippen LogP contribution in [0.3, 0.4) is 0 Å². The molecule has 108 valence electrons. The lowest BCUT2D eigenvalue weighted by atomic mass is 10.1. The van der Waals surface area contributed by atoms with Crippen molar-refractivity contribution in [3.05, 3.63) is 63.8 Å². The first kappa shape index (κ1) is 15.3. The number of hydrogen-bond acceptors (Lipinski definition) is 3. The van der Waals surface area contributed by atoms with Crippen molar-refractivity contribution in [3.63, 3.8) is 0 Å². The fourth-order valence-electron chi connectivity index (χ4n) is 1.67. The molecule has 0 fully saturated rings. The zero-order valence-corrected chi connectivity index (χ0v) is 12.6. The van der Waals surface area contributed by atoms with Gasteiger partial charge in [-0.2, -0.15) is 0 Å². The highest BCUT2D eigenvalue weighted by Crippen LogP contribution is 2.22. The SMILES string of the molecule is C=CCNC(=O)c1ccc(Cl)cc1NC(=O)c1cccs1. The van der Waals surface area contributed by atoms with Gasteiger partial charge >= 0.3 is 0 Å². The Morgan fingerprint density at radius 2 is 2.10 bits per heavy atom. The molecule has 0 aliphatic carbocycles. The van der Waals surface area contributed by atoms with Gasteiger partial charge in [0.2, 0.25) is 0 Å². The van der Waals surface area contributed by atoms with Crippen molar-refractivity contribution in [2.75, 3.05) is 11.9 Å². The molecule has 4 nitrogen and oxygen atoms in total. The van der Waals surface area contributed by atoms with Crippen LogP contribution in [0.15, 0.2) is 48.4 Å². The second-order valence-corrected chi connectivity index (χ2v) is 5.50. The van der Waals surface area contributed by atoms with Crippen LogP contribution in [0.2, 0.25) is 5.02 Å².